The van der Waals surface area contributed by atoms with E-state index in [4.69, 9.17) is 19.5 Å². The van der Waals surface area contributed by atoms with Crippen LogP contribution in [-0.2, 0) is 53.5 Å². The van der Waals surface area contributed by atoms with Gasteiger partial charge in [-0.3, -0.25) is 37.8 Å². The van der Waals surface area contributed by atoms with Crippen molar-refractivity contribution in [2.24, 2.45) is 11.7 Å². The number of aliphatic hydroxyl groups is 1. The molecule has 0 spiro atoms. The minimum absolute atomic E-state index is 0.109. The highest BCUT2D eigenvalue weighted by Gasteiger charge is 2.41. The molecule has 1 saturated heterocycles. The molecule has 1 aliphatic heterocycles. The van der Waals surface area contributed by atoms with Gasteiger partial charge in [-0.2, -0.15) is 0 Å². The fourth-order valence-corrected chi connectivity index (χ4v) is 6.76. The van der Waals surface area contributed by atoms with Gasteiger partial charge in [-0.25, -0.2) is 9.55 Å². The zero-order valence-corrected chi connectivity index (χ0v) is 33.2. The number of phosphoric ester groups is 1. The first-order valence-electron chi connectivity index (χ1n) is 18.3. The van der Waals surface area contributed by atoms with E-state index in [2.05, 4.69) is 44.4 Å². The van der Waals surface area contributed by atoms with E-state index in [1.807, 2.05) is 13.8 Å². The number of nitrogens with one attached hydrogen (secondary N) is 5. The number of imidazole rings is 1. The molecule has 1 aliphatic rings. The maximum absolute atomic E-state index is 13.8. The number of carbonyl (C=O) groups excluding carboxylic acids is 6. The molecule has 20 nitrogen and oxygen atoms in total. The van der Waals surface area contributed by atoms with Crippen LogP contribution < -0.4 is 27.0 Å². The van der Waals surface area contributed by atoms with Gasteiger partial charge < -0.3 is 51.6 Å². The molecule has 314 valence electrons. The third kappa shape index (κ3) is 16.0. The van der Waals surface area contributed by atoms with E-state index in [0.717, 1.165) is 0 Å². The Morgan fingerprint density at radius 3 is 2.27 bits per heavy atom. The number of unbranched alkanes of at least 4 members (excludes halogenated alkanes) is 2. The first-order valence-corrected chi connectivity index (χ1v) is 19.8. The number of aromatic nitrogens is 2. The monoisotopic (exact) mass is 812 g/mol. The number of nitrogens with zero attached hydrogens (tertiary/aromatic N) is 2. The molecular weight excluding hydrogens is 755 g/mol. The number of phosphoric acid groups is 1. The average Bonchev–Trinajstić information content (AvgIpc) is 3.81. The van der Waals surface area contributed by atoms with Crippen molar-refractivity contribution in [1.82, 2.24) is 36.1 Å². The van der Waals surface area contributed by atoms with Crippen LogP contribution >= 0.6 is 7.82 Å². The lowest BCUT2D eigenvalue weighted by molar-refractivity contribution is -0.139. The summed E-state index contributed by atoms with van der Waals surface area (Å²) in [5, 5.41) is 20.0. The van der Waals surface area contributed by atoms with E-state index < -0.39 is 86.4 Å². The van der Waals surface area contributed by atoms with Crippen LogP contribution in [0.1, 0.15) is 65.5 Å². The van der Waals surface area contributed by atoms with Gasteiger partial charge >= 0.3 is 7.82 Å². The van der Waals surface area contributed by atoms with Crippen LogP contribution in [0.25, 0.3) is 0 Å². The lowest BCUT2D eigenvalue weighted by atomic mass is 10.0. The van der Waals surface area contributed by atoms with Crippen molar-refractivity contribution in [3.8, 4) is 0 Å². The molecule has 0 saturated carbocycles. The largest absolute Gasteiger partial charge is 0.472 e. The van der Waals surface area contributed by atoms with Gasteiger partial charge in [0.2, 0.25) is 35.4 Å². The number of nitrogens with two attached hydrogens (primary N) is 1. The van der Waals surface area contributed by atoms with Gasteiger partial charge in [0.15, 0.2) is 0 Å². The van der Waals surface area contributed by atoms with Crippen molar-refractivity contribution in [3.63, 3.8) is 0 Å². The number of rotatable bonds is 26. The van der Waals surface area contributed by atoms with E-state index in [-0.39, 0.29) is 50.8 Å². The van der Waals surface area contributed by atoms with Crippen LogP contribution in [0.15, 0.2) is 37.8 Å². The molecule has 0 bridgehead atoms. The molecule has 1 fully saturated rings. The van der Waals surface area contributed by atoms with Crippen molar-refractivity contribution >= 4 is 43.3 Å². The summed E-state index contributed by atoms with van der Waals surface area (Å²) in [4.78, 5) is 97.2. The number of aliphatic hydroxyl groups excluding tert-OH is 1. The fraction of sp³-hybridized carbons (Fsp3) is 0.629. The topological polar surface area (TPSA) is 294 Å². The first kappa shape index (κ1) is 47.7. The summed E-state index contributed by atoms with van der Waals surface area (Å²) in [5.74, 6) is -5.02. The van der Waals surface area contributed by atoms with Crippen LogP contribution in [0.3, 0.4) is 0 Å². The van der Waals surface area contributed by atoms with E-state index in [9.17, 15) is 43.3 Å². The lowest BCUT2D eigenvalue weighted by Crippen LogP contribution is -2.61. The van der Waals surface area contributed by atoms with Gasteiger partial charge in [0, 0.05) is 38.2 Å². The molecule has 0 aliphatic carbocycles. The van der Waals surface area contributed by atoms with E-state index in [1.54, 1.807) is 12.2 Å². The molecule has 2 heterocycles. The quantitative estimate of drug-likeness (QED) is 0.0333. The third-order valence-electron chi connectivity index (χ3n) is 8.62. The van der Waals surface area contributed by atoms with Crippen molar-refractivity contribution in [2.75, 3.05) is 26.4 Å². The molecule has 2 rings (SSSR count). The maximum atomic E-state index is 13.8. The number of primary amides is 1. The number of hydrogen-bond donors (Lipinski definition) is 8. The smallest absolute Gasteiger partial charge is 0.394 e. The highest BCUT2D eigenvalue weighted by atomic mass is 31.2. The zero-order valence-electron chi connectivity index (χ0n) is 32.3. The maximum Gasteiger partial charge on any atom is 0.472 e. The van der Waals surface area contributed by atoms with Crippen molar-refractivity contribution in [3.05, 3.63) is 43.5 Å². The molecule has 56 heavy (non-hydrogen) atoms. The molecule has 1 aromatic heterocycles. The number of likely N-dealkylation sites (tertiary alicyclic amines) is 1. The van der Waals surface area contributed by atoms with Gasteiger partial charge in [-0.05, 0) is 38.5 Å². The number of amides is 6. The Kier molecular flexibility index (Phi) is 20.1. The first-order chi connectivity index (χ1) is 26.4. The number of carbonyl (C=O) groups is 6. The summed E-state index contributed by atoms with van der Waals surface area (Å²) in [6, 6.07) is -6.88. The average molecular weight is 813 g/mol. The Morgan fingerprint density at radius 1 is 1.04 bits per heavy atom. The van der Waals surface area contributed by atoms with Crippen LogP contribution in [0.2, 0.25) is 0 Å². The van der Waals surface area contributed by atoms with Crippen LogP contribution in [-0.4, -0.2) is 129 Å². The van der Waals surface area contributed by atoms with Gasteiger partial charge in [0.05, 0.1) is 38.4 Å². The number of ether oxygens (including phenoxy) is 1. The number of H-pyrrole nitrogens is 1. The van der Waals surface area contributed by atoms with Crippen LogP contribution in [0.5, 0.6) is 0 Å². The molecule has 8 atom stereocenters. The molecule has 1 unspecified atom stereocenters. The van der Waals surface area contributed by atoms with Crippen LogP contribution in [0, 0.1) is 5.92 Å². The molecular formula is C35H57N8O12P. The van der Waals surface area contributed by atoms with E-state index >= 15 is 0 Å². The predicted molar refractivity (Wildman–Crippen MR) is 202 cm³/mol. The number of allylic oxidation sites excluding steroid dienone is 1. The van der Waals surface area contributed by atoms with E-state index in [0.29, 0.717) is 25.0 Å². The van der Waals surface area contributed by atoms with Gasteiger partial charge in [0.25, 0.3) is 0 Å². The lowest BCUT2D eigenvalue weighted by Gasteiger charge is -2.28. The van der Waals surface area contributed by atoms with Crippen molar-refractivity contribution in [2.45, 2.75) is 109 Å². The second-order valence-corrected chi connectivity index (χ2v) is 15.1. The molecule has 6 amide bonds. The van der Waals surface area contributed by atoms with Crippen LogP contribution in [0.4, 0.5) is 0 Å². The fourth-order valence-electron chi connectivity index (χ4n) is 5.80. The van der Waals surface area contributed by atoms with Crippen molar-refractivity contribution in [1.29, 1.82) is 0 Å². The minimum Gasteiger partial charge on any atom is -0.394 e. The molecule has 0 aromatic carbocycles. The molecule has 1 aromatic rings. The molecule has 21 heteroatoms. The van der Waals surface area contributed by atoms with Crippen molar-refractivity contribution < 1.29 is 57.1 Å². The van der Waals surface area contributed by atoms with Gasteiger partial charge in [-0.15, -0.1) is 13.2 Å². The summed E-state index contributed by atoms with van der Waals surface area (Å²) in [5.41, 5.74) is 5.85. The summed E-state index contributed by atoms with van der Waals surface area (Å²) in [7, 11) is -4.69. The Bertz CT molecular complexity index is 1540. The number of hydrogen-bond acceptors (Lipinski definition) is 12. The Labute approximate surface area is 326 Å². The molecule has 9 N–H and O–H groups in total. The third-order valence-corrected chi connectivity index (χ3v) is 9.73. The summed E-state index contributed by atoms with van der Waals surface area (Å²) >= 11 is 0. The normalized spacial score (nSPS) is 19.1. The second-order valence-electron chi connectivity index (χ2n) is 13.7. The standard InChI is InChI=1S/C35H57N8O12P/c1-7-9-10-11-13-54-56(51,52)55-22(5)30(31(36)46)42-34(49)28(19-44)41-33(48)27(15-24-17-37-20-38-24)39-32(47)26(14-21(3)4)40-35(50)29-16-25(53-12-8-2)18-43(29)23(6)45/h7-8,17,20-22,25-30,44H,1-2,9-16,18-19H2,3-6H3,(H2,36,46)(H,37,38)(H,39,47)(H,40,50)(H,41,48)(H,42,49)(H,51,52)/t22-,25-,26+,27+,28+,29+,30+/m1/s1. The Balaban J connectivity index is 2.21. The summed E-state index contributed by atoms with van der Waals surface area (Å²) in [6.07, 6.45) is 5.96. The second kappa shape index (κ2) is 23.6. The number of aromatic amines is 1. The summed E-state index contributed by atoms with van der Waals surface area (Å²) in [6.45, 7) is 12.7. The van der Waals surface area contributed by atoms with Gasteiger partial charge in [-0.1, -0.05) is 26.0 Å². The zero-order chi connectivity index (χ0) is 42.0. The SMILES string of the molecule is C=CCCCCOP(=O)(O)O[C@H](C)[C@H](NC(=O)[C@H](CO)NC(=O)[C@H](Cc1cnc[nH]1)NC(=O)[C@H](CC(C)C)NC(=O)[C@@H]1C[C@@H](OCC=C)CN1C(C)=O)C(N)=O. The highest BCUT2D eigenvalue weighted by molar-refractivity contribution is 7.47. The predicted octanol–water partition coefficient (Wildman–Crippen LogP) is -0.514. The molecule has 0 radical (unpaired) electrons. The van der Waals surface area contributed by atoms with Gasteiger partial charge in [0.1, 0.15) is 30.2 Å². The highest BCUT2D eigenvalue weighted by Crippen LogP contribution is 2.45. The Hall–Kier alpha value is -4.46. The Morgan fingerprint density at radius 2 is 1.70 bits per heavy atom. The minimum atomic E-state index is -4.69. The van der Waals surface area contributed by atoms with E-state index in [1.165, 1.54) is 31.3 Å². The summed E-state index contributed by atoms with van der Waals surface area (Å²) < 4.78 is 28.1.